The van der Waals surface area contributed by atoms with Crippen molar-refractivity contribution in [1.29, 1.82) is 0 Å². The van der Waals surface area contributed by atoms with Crippen molar-refractivity contribution in [3.05, 3.63) is 35.9 Å². The van der Waals surface area contributed by atoms with Gasteiger partial charge in [-0.15, -0.1) is 0 Å². The lowest BCUT2D eigenvalue weighted by atomic mass is 10.1. The summed E-state index contributed by atoms with van der Waals surface area (Å²) >= 11 is 0. The molecule has 0 aliphatic rings. The highest BCUT2D eigenvalue weighted by molar-refractivity contribution is 5.78. The van der Waals surface area contributed by atoms with Gasteiger partial charge in [-0.1, -0.05) is 38.1 Å². The Labute approximate surface area is 85.3 Å². The molecule has 75 valence electrons. The Bertz CT molecular complexity index is 292. The van der Waals surface area contributed by atoms with Crippen LogP contribution in [0.25, 0.3) is 0 Å². The monoisotopic (exact) mass is 190 g/mol. The van der Waals surface area contributed by atoms with Crippen molar-refractivity contribution >= 4 is 5.91 Å². The van der Waals surface area contributed by atoms with E-state index in [0.717, 1.165) is 5.56 Å². The fraction of sp³-hybridized carbons (Fsp3) is 0.417. The maximum Gasteiger partial charge on any atom is 0.223 e. The summed E-state index contributed by atoms with van der Waals surface area (Å²) in [5, 5.41) is 2.94. The Kier molecular flexibility index (Phi) is 3.69. The molecular weight excluding hydrogens is 174 g/mol. The molecule has 1 radical (unpaired) electrons. The second-order valence-corrected chi connectivity index (χ2v) is 3.72. The zero-order chi connectivity index (χ0) is 10.6. The van der Waals surface area contributed by atoms with Crippen LogP contribution >= 0.6 is 0 Å². The van der Waals surface area contributed by atoms with E-state index in [1.807, 2.05) is 45.0 Å². The molecule has 1 aromatic carbocycles. The Morgan fingerprint density at radius 3 is 2.36 bits per heavy atom. The molecule has 0 unspecified atom stereocenters. The highest BCUT2D eigenvalue weighted by atomic mass is 16.1. The average molecular weight is 190 g/mol. The molecule has 1 atom stereocenters. The summed E-state index contributed by atoms with van der Waals surface area (Å²) in [7, 11) is 0. The molecule has 0 saturated carbocycles. The Morgan fingerprint density at radius 1 is 1.29 bits per heavy atom. The molecule has 0 spiro atoms. The smallest absolute Gasteiger partial charge is 0.223 e. The van der Waals surface area contributed by atoms with Gasteiger partial charge >= 0.3 is 0 Å². The van der Waals surface area contributed by atoms with Crippen molar-refractivity contribution in [2.24, 2.45) is 5.92 Å². The van der Waals surface area contributed by atoms with Gasteiger partial charge in [0.15, 0.2) is 0 Å². The molecule has 2 nitrogen and oxygen atoms in total. The van der Waals surface area contributed by atoms with Crippen molar-refractivity contribution in [3.8, 4) is 0 Å². The van der Waals surface area contributed by atoms with Gasteiger partial charge in [0.05, 0.1) is 6.04 Å². The lowest BCUT2D eigenvalue weighted by molar-refractivity contribution is -0.124. The summed E-state index contributed by atoms with van der Waals surface area (Å²) in [5.74, 6) is 0.123. The zero-order valence-corrected chi connectivity index (χ0v) is 8.87. The van der Waals surface area contributed by atoms with Crippen LogP contribution in [-0.4, -0.2) is 5.91 Å². The average Bonchev–Trinajstić information content (AvgIpc) is 2.19. The third-order valence-corrected chi connectivity index (χ3v) is 2.13. The van der Waals surface area contributed by atoms with E-state index in [1.54, 1.807) is 0 Å². The minimum Gasteiger partial charge on any atom is -0.349 e. The van der Waals surface area contributed by atoms with Crippen LogP contribution in [0.2, 0.25) is 0 Å². The Balaban J connectivity index is 2.59. The van der Waals surface area contributed by atoms with Gasteiger partial charge in [-0.05, 0) is 18.6 Å². The van der Waals surface area contributed by atoms with Crippen LogP contribution in [-0.2, 0) is 4.79 Å². The Hall–Kier alpha value is -1.31. The third-order valence-electron chi connectivity index (χ3n) is 2.13. The summed E-state index contributed by atoms with van der Waals surface area (Å²) in [6.07, 6.45) is 0. The molecule has 1 N–H and O–H groups in total. The molecule has 0 aromatic heterocycles. The van der Waals surface area contributed by atoms with Gasteiger partial charge in [0.1, 0.15) is 0 Å². The molecule has 0 bridgehead atoms. The number of amides is 1. The molecule has 0 heterocycles. The number of hydrogen-bond acceptors (Lipinski definition) is 1. The SMILES string of the molecule is CC(C)C(=O)N[C@H](C)c1cc[c]cc1. The first-order valence-electron chi connectivity index (χ1n) is 4.87. The predicted octanol–water partition coefficient (Wildman–Crippen LogP) is 2.32. The first-order valence-corrected chi connectivity index (χ1v) is 4.87. The topological polar surface area (TPSA) is 29.1 Å². The van der Waals surface area contributed by atoms with Crippen LogP contribution in [0.3, 0.4) is 0 Å². The van der Waals surface area contributed by atoms with Gasteiger partial charge in [-0.25, -0.2) is 0 Å². The van der Waals surface area contributed by atoms with Gasteiger partial charge in [0.25, 0.3) is 0 Å². The van der Waals surface area contributed by atoms with E-state index in [-0.39, 0.29) is 17.9 Å². The van der Waals surface area contributed by atoms with E-state index in [2.05, 4.69) is 11.4 Å². The first-order chi connectivity index (χ1) is 6.61. The van der Waals surface area contributed by atoms with Crippen molar-refractivity contribution in [1.82, 2.24) is 5.32 Å². The summed E-state index contributed by atoms with van der Waals surface area (Å²) in [6, 6.07) is 10.7. The molecule has 1 amide bonds. The summed E-state index contributed by atoms with van der Waals surface area (Å²) in [6.45, 7) is 5.76. The summed E-state index contributed by atoms with van der Waals surface area (Å²) in [5.41, 5.74) is 1.11. The van der Waals surface area contributed by atoms with Crippen molar-refractivity contribution in [2.45, 2.75) is 26.8 Å². The standard InChI is InChI=1S/C12H16NO/c1-9(2)12(14)13-10(3)11-7-5-4-6-8-11/h5-10H,1-3H3,(H,13,14)/t10-/m1/s1. The molecule has 2 heteroatoms. The highest BCUT2D eigenvalue weighted by Gasteiger charge is 2.11. The largest absolute Gasteiger partial charge is 0.349 e. The van der Waals surface area contributed by atoms with E-state index in [1.165, 1.54) is 0 Å². The normalized spacial score (nSPS) is 12.6. The fourth-order valence-electron chi connectivity index (χ4n) is 1.15. The zero-order valence-electron chi connectivity index (χ0n) is 8.87. The van der Waals surface area contributed by atoms with Gasteiger partial charge in [0.2, 0.25) is 5.91 Å². The Morgan fingerprint density at radius 2 is 1.86 bits per heavy atom. The highest BCUT2D eigenvalue weighted by Crippen LogP contribution is 2.11. The number of rotatable bonds is 3. The van der Waals surface area contributed by atoms with E-state index in [9.17, 15) is 4.79 Å². The third kappa shape index (κ3) is 2.87. The molecule has 0 aliphatic heterocycles. The molecule has 1 rings (SSSR count). The first kappa shape index (κ1) is 10.8. The summed E-state index contributed by atoms with van der Waals surface area (Å²) in [4.78, 5) is 11.4. The number of nitrogens with one attached hydrogen (secondary N) is 1. The predicted molar refractivity (Wildman–Crippen MR) is 56.7 cm³/mol. The maximum absolute atomic E-state index is 11.4. The quantitative estimate of drug-likeness (QED) is 0.778. The number of carbonyl (C=O) groups excluding carboxylic acids is 1. The number of hydrogen-bond donors (Lipinski definition) is 1. The second-order valence-electron chi connectivity index (χ2n) is 3.72. The van der Waals surface area contributed by atoms with Gasteiger partial charge in [-0.3, -0.25) is 4.79 Å². The van der Waals surface area contributed by atoms with E-state index in [4.69, 9.17) is 0 Å². The van der Waals surface area contributed by atoms with Crippen molar-refractivity contribution in [3.63, 3.8) is 0 Å². The number of carbonyl (C=O) groups is 1. The van der Waals surface area contributed by atoms with Crippen LogP contribution in [0, 0.1) is 12.0 Å². The van der Waals surface area contributed by atoms with Crippen LogP contribution in [0.1, 0.15) is 32.4 Å². The molecule has 0 saturated heterocycles. The molecule has 0 aliphatic carbocycles. The molecule has 14 heavy (non-hydrogen) atoms. The minimum atomic E-state index is 0.0349. The van der Waals surface area contributed by atoms with Gasteiger partial charge < -0.3 is 5.32 Å². The van der Waals surface area contributed by atoms with Crippen LogP contribution in [0.4, 0.5) is 0 Å². The molecule has 0 fully saturated rings. The summed E-state index contributed by atoms with van der Waals surface area (Å²) < 4.78 is 0. The van der Waals surface area contributed by atoms with Crippen molar-refractivity contribution in [2.75, 3.05) is 0 Å². The van der Waals surface area contributed by atoms with Gasteiger partial charge in [-0.2, -0.15) is 0 Å². The molecule has 1 aromatic rings. The van der Waals surface area contributed by atoms with Crippen molar-refractivity contribution < 1.29 is 4.79 Å². The van der Waals surface area contributed by atoms with E-state index in [0.29, 0.717) is 0 Å². The molecular formula is C12H16NO. The number of benzene rings is 1. The van der Waals surface area contributed by atoms with Crippen LogP contribution in [0.5, 0.6) is 0 Å². The van der Waals surface area contributed by atoms with E-state index < -0.39 is 0 Å². The lowest BCUT2D eigenvalue weighted by Crippen LogP contribution is -2.30. The maximum atomic E-state index is 11.4. The van der Waals surface area contributed by atoms with Gasteiger partial charge in [0, 0.05) is 5.92 Å². The van der Waals surface area contributed by atoms with Crippen LogP contribution in [0.15, 0.2) is 24.3 Å². The fourth-order valence-corrected chi connectivity index (χ4v) is 1.15. The van der Waals surface area contributed by atoms with E-state index >= 15 is 0 Å². The second kappa shape index (κ2) is 4.80. The van der Waals surface area contributed by atoms with Crippen LogP contribution < -0.4 is 5.32 Å². The lowest BCUT2D eigenvalue weighted by Gasteiger charge is -2.15. The minimum absolute atomic E-state index is 0.0349.